The molecule has 0 aliphatic heterocycles. The molecule has 1 aromatic carbocycles. The van der Waals surface area contributed by atoms with Crippen molar-refractivity contribution in [2.24, 2.45) is 7.05 Å². The molecule has 0 bridgehead atoms. The molecule has 184 valence electrons. The third-order valence-electron chi connectivity index (χ3n) is 4.86. The summed E-state index contributed by atoms with van der Waals surface area (Å²) in [7, 11) is 0.769. The molecule has 0 unspecified atom stereocenters. The highest BCUT2D eigenvalue weighted by molar-refractivity contribution is 6.32. The van der Waals surface area contributed by atoms with Gasteiger partial charge in [-0.1, -0.05) is 11.6 Å². The fourth-order valence-electron chi connectivity index (χ4n) is 3.02. The molecule has 0 atom stereocenters. The largest absolute Gasteiger partial charge is 0.474 e. The van der Waals surface area contributed by atoms with Crippen LogP contribution >= 0.6 is 11.6 Å². The first kappa shape index (κ1) is 25.3. The first-order chi connectivity index (χ1) is 15.8. The highest BCUT2D eigenvalue weighted by Crippen LogP contribution is 2.44. The van der Waals surface area contributed by atoms with Crippen LogP contribution in [0.15, 0.2) is 27.8 Å². The van der Waals surface area contributed by atoms with E-state index in [2.05, 4.69) is 4.74 Å². The van der Waals surface area contributed by atoms with Crippen molar-refractivity contribution in [3.05, 3.63) is 55.6 Å². The van der Waals surface area contributed by atoms with Gasteiger partial charge in [-0.2, -0.15) is 13.2 Å². The summed E-state index contributed by atoms with van der Waals surface area (Å²) in [6.45, 7) is 0.973. The molecule has 1 aliphatic rings. The summed E-state index contributed by atoms with van der Waals surface area (Å²) in [4.78, 5) is 48.5. The summed E-state index contributed by atoms with van der Waals surface area (Å²) < 4.78 is 69.2. The maximum Gasteiger partial charge on any atom is 0.431 e. The Balaban J connectivity index is 1.97. The van der Waals surface area contributed by atoms with E-state index in [9.17, 15) is 36.7 Å². The van der Waals surface area contributed by atoms with Gasteiger partial charge in [0.25, 0.3) is 5.56 Å². The predicted molar refractivity (Wildman–Crippen MR) is 107 cm³/mol. The average molecular weight is 509 g/mol. The second kappa shape index (κ2) is 9.12. The Morgan fingerprint density at radius 1 is 1.15 bits per heavy atom. The van der Waals surface area contributed by atoms with E-state index in [0.29, 0.717) is 6.07 Å². The van der Waals surface area contributed by atoms with Gasteiger partial charge in [-0.25, -0.2) is 23.3 Å². The molecule has 3 rings (SSSR count). The summed E-state index contributed by atoms with van der Waals surface area (Å²) in [5.41, 5.74) is -6.73. The Morgan fingerprint density at radius 3 is 2.35 bits per heavy atom. The monoisotopic (exact) mass is 508 g/mol. The van der Waals surface area contributed by atoms with E-state index >= 15 is 0 Å². The number of rotatable bonds is 7. The van der Waals surface area contributed by atoms with Crippen LogP contribution in [0.25, 0.3) is 5.69 Å². The Kier molecular flexibility index (Phi) is 6.78. The molecular weight excluding hydrogens is 492 g/mol. The number of benzene rings is 1. The number of alkyl halides is 3. The van der Waals surface area contributed by atoms with Crippen LogP contribution in [-0.2, 0) is 32.3 Å². The third kappa shape index (κ3) is 4.93. The molecule has 14 heteroatoms. The molecule has 2 aromatic rings. The summed E-state index contributed by atoms with van der Waals surface area (Å²) in [6, 6.07) is 1.63. The number of aromatic nitrogens is 2. The van der Waals surface area contributed by atoms with Crippen LogP contribution in [0.1, 0.15) is 25.5 Å². The van der Waals surface area contributed by atoms with Crippen LogP contribution in [-0.4, -0.2) is 39.9 Å². The van der Waals surface area contributed by atoms with Crippen LogP contribution in [0.2, 0.25) is 5.02 Å². The van der Waals surface area contributed by atoms with Gasteiger partial charge in [-0.05, 0) is 13.0 Å². The van der Waals surface area contributed by atoms with Crippen molar-refractivity contribution in [1.29, 1.82) is 0 Å². The first-order valence-corrected chi connectivity index (χ1v) is 10.1. The molecule has 0 N–H and O–H groups in total. The second-order valence-electron chi connectivity index (χ2n) is 7.25. The summed E-state index contributed by atoms with van der Waals surface area (Å²) in [6.07, 6.45) is -4.69. The maximum absolute atomic E-state index is 14.6. The Bertz CT molecular complexity index is 1270. The number of carbonyl (C=O) groups excluding carboxylic acids is 2. The fourth-order valence-corrected chi connectivity index (χ4v) is 3.21. The number of esters is 2. The molecule has 1 heterocycles. The minimum Gasteiger partial charge on any atom is -0.474 e. The van der Waals surface area contributed by atoms with Crippen molar-refractivity contribution in [2.45, 2.75) is 31.5 Å². The lowest BCUT2D eigenvalue weighted by atomic mass is 10.2. The van der Waals surface area contributed by atoms with E-state index < -0.39 is 58.8 Å². The van der Waals surface area contributed by atoms with E-state index in [0.717, 1.165) is 13.1 Å². The quantitative estimate of drug-likeness (QED) is 0.417. The summed E-state index contributed by atoms with van der Waals surface area (Å²) in [5, 5.41) is -0.345. The van der Waals surface area contributed by atoms with Gasteiger partial charge in [-0.3, -0.25) is 9.36 Å². The Morgan fingerprint density at radius 2 is 1.79 bits per heavy atom. The molecule has 9 nitrogen and oxygen atoms in total. The second-order valence-corrected chi connectivity index (χ2v) is 7.66. The summed E-state index contributed by atoms with van der Waals surface area (Å²) >= 11 is 5.98. The van der Waals surface area contributed by atoms with E-state index in [-0.39, 0.29) is 45.4 Å². The molecule has 0 saturated heterocycles. The average Bonchev–Trinajstić information content (AvgIpc) is 3.52. The van der Waals surface area contributed by atoms with Gasteiger partial charge >= 0.3 is 23.8 Å². The highest BCUT2D eigenvalue weighted by Gasteiger charge is 2.55. The molecular formula is C20H17ClF4N2O7. The number of nitrogens with zero attached hydrogens (tertiary/aromatic N) is 2. The van der Waals surface area contributed by atoms with Crippen molar-refractivity contribution < 1.29 is 41.4 Å². The Hall–Kier alpha value is -3.35. The van der Waals surface area contributed by atoms with Gasteiger partial charge < -0.3 is 14.2 Å². The number of hydrogen-bond donors (Lipinski definition) is 0. The lowest BCUT2D eigenvalue weighted by Gasteiger charge is -2.19. The topological polar surface area (TPSA) is 106 Å². The van der Waals surface area contributed by atoms with Gasteiger partial charge in [0.15, 0.2) is 6.61 Å². The Labute approximate surface area is 193 Å². The minimum atomic E-state index is -5.00. The molecule has 34 heavy (non-hydrogen) atoms. The van der Waals surface area contributed by atoms with Gasteiger partial charge in [-0.15, -0.1) is 0 Å². The van der Waals surface area contributed by atoms with Crippen molar-refractivity contribution in [3.63, 3.8) is 0 Å². The molecule has 0 radical (unpaired) electrons. The zero-order valence-corrected chi connectivity index (χ0v) is 18.5. The van der Waals surface area contributed by atoms with Crippen molar-refractivity contribution >= 4 is 23.5 Å². The van der Waals surface area contributed by atoms with Crippen molar-refractivity contribution in [1.82, 2.24) is 9.13 Å². The highest BCUT2D eigenvalue weighted by atomic mass is 35.5. The van der Waals surface area contributed by atoms with Gasteiger partial charge in [0, 0.05) is 32.0 Å². The smallest absolute Gasteiger partial charge is 0.431 e. The molecule has 1 fully saturated rings. The molecule has 1 aliphatic carbocycles. The third-order valence-corrected chi connectivity index (χ3v) is 5.16. The molecule has 1 saturated carbocycles. The number of ether oxygens (including phenoxy) is 3. The van der Waals surface area contributed by atoms with Crippen molar-refractivity contribution in [2.75, 3.05) is 13.2 Å². The molecule has 1 aromatic heterocycles. The fraction of sp³-hybridized carbons (Fsp3) is 0.400. The van der Waals surface area contributed by atoms with Crippen LogP contribution in [0, 0.1) is 5.82 Å². The lowest BCUT2D eigenvalue weighted by Crippen LogP contribution is -2.41. The number of halogens is 5. The van der Waals surface area contributed by atoms with Gasteiger partial charge in [0.2, 0.25) is 5.60 Å². The van der Waals surface area contributed by atoms with Crippen LogP contribution in [0.4, 0.5) is 17.6 Å². The van der Waals surface area contributed by atoms with E-state index in [4.69, 9.17) is 21.1 Å². The SMILES string of the molecule is CCOC(=O)COC(=O)C1(Oc2cc(-n3c(=O)cc(C(F)(F)F)n(C)c3=O)c(F)cc2Cl)CC1. The normalized spacial score (nSPS) is 14.4. The first-order valence-electron chi connectivity index (χ1n) is 9.72. The summed E-state index contributed by atoms with van der Waals surface area (Å²) in [5.74, 6) is -3.25. The van der Waals surface area contributed by atoms with Gasteiger partial charge in [0.05, 0.1) is 17.3 Å². The standard InChI is InChI=1S/C20H17ClF4N2O7/c1-3-32-16(29)9-33-17(30)19(4-5-19)34-13-7-12(11(22)6-10(13)21)27-15(28)8-14(20(23,24)25)26(2)18(27)31/h6-8H,3-5,9H2,1-2H3. The van der Waals surface area contributed by atoms with E-state index in [1.807, 2.05) is 0 Å². The van der Waals surface area contributed by atoms with E-state index in [1.54, 1.807) is 6.92 Å². The minimum absolute atomic E-state index is 0.0781. The van der Waals surface area contributed by atoms with Crippen LogP contribution in [0.3, 0.4) is 0 Å². The van der Waals surface area contributed by atoms with Gasteiger partial charge in [0.1, 0.15) is 17.3 Å². The number of carbonyl (C=O) groups is 2. The van der Waals surface area contributed by atoms with E-state index in [1.165, 1.54) is 0 Å². The lowest BCUT2D eigenvalue weighted by molar-refractivity contribution is -0.164. The van der Waals surface area contributed by atoms with Crippen LogP contribution in [0.5, 0.6) is 5.75 Å². The van der Waals surface area contributed by atoms with Crippen LogP contribution < -0.4 is 16.0 Å². The zero-order valence-electron chi connectivity index (χ0n) is 17.7. The van der Waals surface area contributed by atoms with Crippen molar-refractivity contribution in [3.8, 4) is 11.4 Å². The molecule has 0 spiro atoms. The number of hydrogen-bond acceptors (Lipinski definition) is 7. The predicted octanol–water partition coefficient (Wildman–Crippen LogP) is 2.37. The maximum atomic E-state index is 14.6. The molecule has 0 amide bonds. The zero-order chi connectivity index (χ0) is 25.4.